The predicted octanol–water partition coefficient (Wildman–Crippen LogP) is 2.71. The lowest BCUT2D eigenvalue weighted by molar-refractivity contribution is 0.217. The molecule has 5 heteroatoms. The van der Waals surface area contributed by atoms with Crippen molar-refractivity contribution in [3.63, 3.8) is 0 Å². The average Bonchev–Trinajstić information content (AvgIpc) is 2.13. The standard InChI is InChI=1S/C7H10Cl2N2O/c1-4-5-7(2,3)11(9)6(12)10(5)8/h4H,1-3H3. The number of halogens is 2. The number of amides is 2. The molecule has 1 aliphatic heterocycles. The first-order valence-electron chi connectivity index (χ1n) is 3.55. The molecule has 0 radical (unpaired) electrons. The number of rotatable bonds is 0. The lowest BCUT2D eigenvalue weighted by Gasteiger charge is -2.23. The highest BCUT2D eigenvalue weighted by molar-refractivity contribution is 6.30. The van der Waals surface area contributed by atoms with Crippen LogP contribution in [0.2, 0.25) is 0 Å². The van der Waals surface area contributed by atoms with Crippen LogP contribution < -0.4 is 0 Å². The van der Waals surface area contributed by atoms with Gasteiger partial charge in [-0.05, 0) is 20.8 Å². The van der Waals surface area contributed by atoms with Crippen LogP contribution >= 0.6 is 23.6 Å². The lowest BCUT2D eigenvalue weighted by Crippen LogP contribution is -2.33. The Balaban J connectivity index is 3.14. The van der Waals surface area contributed by atoms with Crippen LogP contribution in [0.15, 0.2) is 11.8 Å². The molecular weight excluding hydrogens is 199 g/mol. The van der Waals surface area contributed by atoms with E-state index in [1.165, 1.54) is 0 Å². The van der Waals surface area contributed by atoms with Gasteiger partial charge in [0.15, 0.2) is 0 Å². The van der Waals surface area contributed by atoms with Gasteiger partial charge in [-0.15, -0.1) is 0 Å². The van der Waals surface area contributed by atoms with Crippen LogP contribution in [0, 0.1) is 0 Å². The number of hydrogen-bond donors (Lipinski definition) is 0. The summed E-state index contributed by atoms with van der Waals surface area (Å²) in [7, 11) is 0. The molecule has 0 aromatic carbocycles. The largest absolute Gasteiger partial charge is 0.354 e. The summed E-state index contributed by atoms with van der Waals surface area (Å²) in [6.07, 6.45) is 1.77. The summed E-state index contributed by atoms with van der Waals surface area (Å²) in [6, 6.07) is -0.406. The molecule has 0 saturated carbocycles. The highest BCUT2D eigenvalue weighted by Gasteiger charge is 2.46. The second-order valence-electron chi connectivity index (χ2n) is 3.08. The fraction of sp³-hybridized carbons (Fsp3) is 0.571. The van der Waals surface area contributed by atoms with E-state index < -0.39 is 11.6 Å². The van der Waals surface area contributed by atoms with Gasteiger partial charge in [0.1, 0.15) is 0 Å². The molecule has 1 aliphatic rings. The van der Waals surface area contributed by atoms with Gasteiger partial charge in [0.05, 0.1) is 11.2 Å². The van der Waals surface area contributed by atoms with E-state index in [-0.39, 0.29) is 0 Å². The number of allylic oxidation sites excluding steroid dienone is 1. The van der Waals surface area contributed by atoms with Crippen molar-refractivity contribution in [2.24, 2.45) is 0 Å². The molecule has 68 valence electrons. The van der Waals surface area contributed by atoms with E-state index in [0.29, 0.717) is 5.70 Å². The molecule has 0 N–H and O–H groups in total. The van der Waals surface area contributed by atoms with Crippen molar-refractivity contribution in [3.8, 4) is 0 Å². The first-order valence-corrected chi connectivity index (χ1v) is 4.23. The van der Waals surface area contributed by atoms with E-state index in [0.717, 1.165) is 8.84 Å². The molecule has 0 aromatic rings. The van der Waals surface area contributed by atoms with E-state index in [9.17, 15) is 4.79 Å². The summed E-state index contributed by atoms with van der Waals surface area (Å²) < 4.78 is 2.13. The number of carbonyl (C=O) groups is 1. The summed E-state index contributed by atoms with van der Waals surface area (Å²) in [5.41, 5.74) is 0.166. The molecular formula is C7H10Cl2N2O. The summed E-state index contributed by atoms with van der Waals surface area (Å²) in [4.78, 5) is 11.2. The van der Waals surface area contributed by atoms with Crippen molar-refractivity contribution < 1.29 is 4.79 Å². The molecule has 0 aromatic heterocycles. The Labute approximate surface area is 81.7 Å². The number of carbonyl (C=O) groups excluding carboxylic acids is 1. The predicted molar refractivity (Wildman–Crippen MR) is 48.6 cm³/mol. The Bertz CT molecular complexity index is 250. The summed E-state index contributed by atoms with van der Waals surface area (Å²) in [6.45, 7) is 5.47. The van der Waals surface area contributed by atoms with Crippen molar-refractivity contribution in [3.05, 3.63) is 11.8 Å². The third kappa shape index (κ3) is 1.08. The van der Waals surface area contributed by atoms with Gasteiger partial charge in [0, 0.05) is 23.6 Å². The zero-order chi connectivity index (χ0) is 9.52. The minimum atomic E-state index is -0.533. The van der Waals surface area contributed by atoms with Crippen LogP contribution in [0.25, 0.3) is 0 Å². The maximum atomic E-state index is 11.2. The minimum Gasteiger partial charge on any atom is -0.245 e. The SMILES string of the molecule is CC=C1N(Cl)C(=O)N(Cl)C1(C)C. The molecule has 0 atom stereocenters. The molecule has 2 amide bonds. The molecule has 3 nitrogen and oxygen atoms in total. The normalized spacial score (nSPS) is 25.8. The zero-order valence-corrected chi connectivity index (χ0v) is 8.65. The average molecular weight is 209 g/mol. The first-order chi connectivity index (χ1) is 5.42. The smallest absolute Gasteiger partial charge is 0.245 e. The Hall–Kier alpha value is -0.410. The number of hydrogen-bond acceptors (Lipinski definition) is 1. The molecule has 0 spiro atoms. The molecule has 1 saturated heterocycles. The Morgan fingerprint density at radius 3 is 2.08 bits per heavy atom. The Morgan fingerprint density at radius 1 is 1.42 bits per heavy atom. The highest BCUT2D eigenvalue weighted by atomic mass is 35.5. The van der Waals surface area contributed by atoms with Crippen molar-refractivity contribution in [1.29, 1.82) is 0 Å². The van der Waals surface area contributed by atoms with Crippen LogP contribution in [-0.2, 0) is 0 Å². The summed E-state index contributed by atoms with van der Waals surface area (Å²) in [5.74, 6) is 0. The summed E-state index contributed by atoms with van der Waals surface area (Å²) >= 11 is 11.4. The van der Waals surface area contributed by atoms with E-state index in [2.05, 4.69) is 0 Å². The van der Waals surface area contributed by atoms with Crippen molar-refractivity contribution in [1.82, 2.24) is 8.84 Å². The van der Waals surface area contributed by atoms with Crippen molar-refractivity contribution >= 4 is 29.6 Å². The third-order valence-electron chi connectivity index (χ3n) is 1.94. The molecule has 1 heterocycles. The quantitative estimate of drug-likeness (QED) is 0.562. The summed E-state index contributed by atoms with van der Waals surface area (Å²) in [5, 5.41) is 0. The monoisotopic (exact) mass is 208 g/mol. The third-order valence-corrected chi connectivity index (χ3v) is 2.83. The van der Waals surface area contributed by atoms with Gasteiger partial charge in [-0.25, -0.2) is 13.6 Å². The maximum Gasteiger partial charge on any atom is 0.354 e. The van der Waals surface area contributed by atoms with Crippen LogP contribution in [0.3, 0.4) is 0 Å². The van der Waals surface area contributed by atoms with Gasteiger partial charge in [-0.1, -0.05) is 6.08 Å². The van der Waals surface area contributed by atoms with Crippen LogP contribution in [-0.4, -0.2) is 20.4 Å². The second kappa shape index (κ2) is 2.82. The van der Waals surface area contributed by atoms with E-state index in [1.807, 2.05) is 20.8 Å². The van der Waals surface area contributed by atoms with Crippen LogP contribution in [0.4, 0.5) is 4.79 Å². The van der Waals surface area contributed by atoms with Gasteiger partial charge < -0.3 is 0 Å². The van der Waals surface area contributed by atoms with Crippen LogP contribution in [0.5, 0.6) is 0 Å². The fourth-order valence-corrected chi connectivity index (χ4v) is 1.81. The lowest BCUT2D eigenvalue weighted by atomic mass is 10.0. The Kier molecular flexibility index (Phi) is 2.27. The van der Waals surface area contributed by atoms with Crippen molar-refractivity contribution in [2.45, 2.75) is 26.3 Å². The highest BCUT2D eigenvalue weighted by Crippen LogP contribution is 2.38. The van der Waals surface area contributed by atoms with Gasteiger partial charge in [-0.2, -0.15) is 0 Å². The van der Waals surface area contributed by atoms with Gasteiger partial charge in [0.25, 0.3) is 0 Å². The van der Waals surface area contributed by atoms with Crippen LogP contribution in [0.1, 0.15) is 20.8 Å². The fourth-order valence-electron chi connectivity index (χ4n) is 1.23. The molecule has 1 fully saturated rings. The maximum absolute atomic E-state index is 11.2. The Morgan fingerprint density at radius 2 is 1.92 bits per heavy atom. The van der Waals surface area contributed by atoms with Gasteiger partial charge >= 0.3 is 6.03 Å². The minimum absolute atomic E-state index is 0.406. The van der Waals surface area contributed by atoms with E-state index in [1.54, 1.807) is 6.08 Å². The van der Waals surface area contributed by atoms with Gasteiger partial charge in [0.2, 0.25) is 0 Å². The zero-order valence-electron chi connectivity index (χ0n) is 7.14. The molecule has 0 unspecified atom stereocenters. The topological polar surface area (TPSA) is 23.6 Å². The second-order valence-corrected chi connectivity index (χ2v) is 3.75. The number of nitrogens with zero attached hydrogens (tertiary/aromatic N) is 2. The van der Waals surface area contributed by atoms with E-state index >= 15 is 0 Å². The molecule has 12 heavy (non-hydrogen) atoms. The molecule has 0 bridgehead atoms. The van der Waals surface area contributed by atoms with Crippen molar-refractivity contribution in [2.75, 3.05) is 0 Å². The van der Waals surface area contributed by atoms with Gasteiger partial charge in [-0.3, -0.25) is 0 Å². The molecule has 1 rings (SSSR count). The number of urea groups is 1. The van der Waals surface area contributed by atoms with E-state index in [4.69, 9.17) is 23.6 Å². The molecule has 0 aliphatic carbocycles. The first kappa shape index (κ1) is 9.68.